The molecule has 0 spiro atoms. The lowest BCUT2D eigenvalue weighted by Gasteiger charge is -2.20. The van der Waals surface area contributed by atoms with Crippen molar-refractivity contribution in [2.45, 2.75) is 42.7 Å². The zero-order chi connectivity index (χ0) is 37.8. The van der Waals surface area contributed by atoms with Crippen molar-refractivity contribution in [2.24, 2.45) is 15.8 Å². The Morgan fingerprint density at radius 3 is 2.23 bits per heavy atom. The zero-order valence-corrected chi connectivity index (χ0v) is 30.9. The fourth-order valence-corrected chi connectivity index (χ4v) is 6.81. The molecule has 0 radical (unpaired) electrons. The van der Waals surface area contributed by atoms with Gasteiger partial charge in [-0.3, -0.25) is 15.3 Å². The Balaban J connectivity index is 1.32. The van der Waals surface area contributed by atoms with Gasteiger partial charge in [-0.15, -0.1) is 0 Å². The number of nitrogens with zero attached hydrogens (tertiary/aromatic N) is 3. The van der Waals surface area contributed by atoms with Gasteiger partial charge in [-0.25, -0.2) is 18.1 Å². The maximum atomic E-state index is 13.6. The number of alkyl halides is 3. The molecule has 0 fully saturated rings. The number of nitrogens with two attached hydrogens (primary N) is 1. The van der Waals surface area contributed by atoms with Crippen LogP contribution in [0.4, 0.5) is 13.2 Å². The Morgan fingerprint density at radius 1 is 0.925 bits per heavy atom. The number of hydrazone groups is 1. The predicted molar refractivity (Wildman–Crippen MR) is 204 cm³/mol. The summed E-state index contributed by atoms with van der Waals surface area (Å²) in [5, 5.41) is 7.47. The highest BCUT2D eigenvalue weighted by molar-refractivity contribution is 7.90. The van der Waals surface area contributed by atoms with E-state index in [4.69, 9.17) is 43.9 Å². The second-order valence-electron chi connectivity index (χ2n) is 12.1. The molecule has 0 aromatic heterocycles. The minimum atomic E-state index is -4.44. The van der Waals surface area contributed by atoms with E-state index in [2.05, 4.69) is 10.2 Å². The number of benzene rings is 4. The summed E-state index contributed by atoms with van der Waals surface area (Å²) in [4.78, 5) is 10.1. The van der Waals surface area contributed by atoms with Crippen LogP contribution >= 0.6 is 23.2 Å². The van der Waals surface area contributed by atoms with Gasteiger partial charge in [0.1, 0.15) is 0 Å². The molecule has 1 aliphatic heterocycles. The van der Waals surface area contributed by atoms with Crippen molar-refractivity contribution in [3.8, 4) is 0 Å². The first kappa shape index (κ1) is 39.8. The maximum absolute atomic E-state index is 13.6. The van der Waals surface area contributed by atoms with Crippen LogP contribution in [0.3, 0.4) is 0 Å². The van der Waals surface area contributed by atoms with Crippen molar-refractivity contribution < 1.29 is 26.4 Å². The average Bonchev–Trinajstić information content (AvgIpc) is 3.59. The van der Waals surface area contributed by atoms with E-state index in [9.17, 15) is 21.6 Å². The third-order valence-corrected chi connectivity index (χ3v) is 10.1. The molecule has 280 valence electrons. The van der Waals surface area contributed by atoms with Crippen molar-refractivity contribution >= 4 is 50.6 Å². The quantitative estimate of drug-likeness (QED) is 0.0484. The minimum Gasteiger partial charge on any atom is -0.328 e. The molecule has 4 aromatic rings. The number of hydroxylamine groups is 1. The number of allylic oxidation sites excluding steroid dienone is 1. The summed E-state index contributed by atoms with van der Waals surface area (Å²) in [7, 11) is -4.06. The summed E-state index contributed by atoms with van der Waals surface area (Å²) in [6.45, 7) is 1.11. The first-order chi connectivity index (χ1) is 25.4. The number of unbranched alkanes of at least 4 members (excludes halogenated alkanes) is 3. The van der Waals surface area contributed by atoms with Crippen LogP contribution in [0, 0.1) is 0 Å². The maximum Gasteiger partial charge on any atom is 0.416 e. The first-order valence-corrected chi connectivity index (χ1v) is 19.1. The largest absolute Gasteiger partial charge is 0.416 e. The van der Waals surface area contributed by atoms with Crippen LogP contribution in [0.15, 0.2) is 124 Å². The lowest BCUT2D eigenvalue weighted by molar-refractivity contribution is -0.137. The van der Waals surface area contributed by atoms with Gasteiger partial charge in [0.2, 0.25) is 5.96 Å². The summed E-state index contributed by atoms with van der Waals surface area (Å²) >= 11 is 12.2. The van der Waals surface area contributed by atoms with Crippen LogP contribution in [-0.2, 0) is 21.0 Å². The first-order valence-electron chi connectivity index (χ1n) is 16.9. The number of guanidine groups is 1. The van der Waals surface area contributed by atoms with E-state index in [0.717, 1.165) is 41.8 Å². The zero-order valence-electron chi connectivity index (χ0n) is 28.6. The molecule has 0 amide bonds. The monoisotopic (exact) mass is 786 g/mol. The number of hydrogen-bond acceptors (Lipinski definition) is 7. The summed E-state index contributed by atoms with van der Waals surface area (Å²) in [6.07, 6.45) is 0.0868. The van der Waals surface area contributed by atoms with Gasteiger partial charge in [0, 0.05) is 29.1 Å². The van der Waals surface area contributed by atoms with Crippen LogP contribution in [0.1, 0.15) is 53.9 Å². The number of aliphatic imine (C=N–C) groups is 1. The SMILES string of the molecule is NCCON/C(=C/CCCCCN=C(NS(=O)(=O)c1ccc(Cl)cc1)N1CC(c2ccccc2)C(c2ccc(Cl)cc2)=N1)c1ccc(C(F)(F)F)cc1. The van der Waals surface area contributed by atoms with Crippen LogP contribution in [0.2, 0.25) is 10.0 Å². The third kappa shape index (κ3) is 11.3. The van der Waals surface area contributed by atoms with E-state index in [1.807, 2.05) is 48.5 Å². The summed E-state index contributed by atoms with van der Waals surface area (Å²) in [6, 6.07) is 27.8. The standard InChI is InChI=1S/C38H39Cl2F3N6O3S/c39-31-17-13-29(14-18-31)36-34(27-8-4-3-5-9-27)26-49(46-36)37(48-53(50,51)33-21-19-32(40)20-22-33)45-24-7-2-1-6-10-35(47-52-25-23-44)28-11-15-30(16-12-28)38(41,42)43/h3-5,8-22,34,47H,1-2,6-7,23-26,44H2,(H,45,48)/b35-10+. The number of sulfonamides is 1. The molecule has 1 unspecified atom stereocenters. The highest BCUT2D eigenvalue weighted by atomic mass is 35.5. The number of hydrogen-bond donors (Lipinski definition) is 3. The molecule has 0 saturated carbocycles. The fourth-order valence-electron chi connectivity index (χ4n) is 5.53. The Bertz CT molecular complexity index is 1990. The second-order valence-corrected chi connectivity index (χ2v) is 14.6. The molecule has 53 heavy (non-hydrogen) atoms. The van der Waals surface area contributed by atoms with Gasteiger partial charge in [-0.05, 0) is 84.5 Å². The van der Waals surface area contributed by atoms with Crippen molar-refractivity contribution in [2.75, 3.05) is 26.2 Å². The van der Waals surface area contributed by atoms with E-state index in [1.54, 1.807) is 17.1 Å². The van der Waals surface area contributed by atoms with Crippen LogP contribution in [0.5, 0.6) is 0 Å². The molecule has 1 aliphatic rings. The molecule has 1 heterocycles. The molecule has 4 N–H and O–H groups in total. The van der Waals surface area contributed by atoms with Crippen molar-refractivity contribution in [1.29, 1.82) is 0 Å². The number of nitrogens with one attached hydrogen (secondary N) is 2. The minimum absolute atomic E-state index is 0.0231. The van der Waals surface area contributed by atoms with Crippen LogP contribution in [-0.4, -0.2) is 51.3 Å². The van der Waals surface area contributed by atoms with Gasteiger partial charge in [-0.1, -0.05) is 90.3 Å². The molecule has 9 nitrogen and oxygen atoms in total. The topological polar surface area (TPSA) is 121 Å². The predicted octanol–water partition coefficient (Wildman–Crippen LogP) is 8.23. The second kappa shape index (κ2) is 18.6. The van der Waals surface area contributed by atoms with Crippen LogP contribution in [0.25, 0.3) is 5.70 Å². The summed E-state index contributed by atoms with van der Waals surface area (Å²) < 4.78 is 69.0. The lowest BCUT2D eigenvalue weighted by Crippen LogP contribution is -2.41. The molecule has 4 aromatic carbocycles. The molecular formula is C38H39Cl2F3N6O3S. The average molecular weight is 788 g/mol. The molecule has 15 heteroatoms. The van der Waals surface area contributed by atoms with E-state index >= 15 is 0 Å². The smallest absolute Gasteiger partial charge is 0.328 e. The Kier molecular flexibility index (Phi) is 13.9. The van der Waals surface area contributed by atoms with Gasteiger partial charge < -0.3 is 5.73 Å². The van der Waals surface area contributed by atoms with E-state index in [-0.39, 0.29) is 29.9 Å². The lowest BCUT2D eigenvalue weighted by atomic mass is 9.91. The highest BCUT2D eigenvalue weighted by Gasteiger charge is 2.33. The molecule has 0 aliphatic carbocycles. The Labute approximate surface area is 317 Å². The van der Waals surface area contributed by atoms with Gasteiger partial charge in [0.05, 0.1) is 35.0 Å². The summed E-state index contributed by atoms with van der Waals surface area (Å²) in [5.74, 6) is -0.105. The molecule has 1 atom stereocenters. The highest BCUT2D eigenvalue weighted by Crippen LogP contribution is 2.31. The third-order valence-electron chi connectivity index (χ3n) is 8.25. The van der Waals surface area contributed by atoms with Crippen molar-refractivity contribution in [1.82, 2.24) is 15.2 Å². The van der Waals surface area contributed by atoms with E-state index in [1.165, 1.54) is 36.4 Å². The number of rotatable bonds is 15. The van der Waals surface area contributed by atoms with Gasteiger partial charge in [0.15, 0.2) is 0 Å². The van der Waals surface area contributed by atoms with Crippen molar-refractivity contribution in [3.05, 3.63) is 142 Å². The molecular weight excluding hydrogens is 748 g/mol. The fraction of sp³-hybridized carbons (Fsp3) is 0.263. The van der Waals surface area contributed by atoms with Gasteiger partial charge >= 0.3 is 6.18 Å². The summed E-state index contributed by atoms with van der Waals surface area (Å²) in [5.41, 5.74) is 11.2. The normalized spacial score (nSPS) is 15.4. The number of halogens is 5. The van der Waals surface area contributed by atoms with E-state index in [0.29, 0.717) is 47.2 Å². The van der Waals surface area contributed by atoms with Gasteiger partial charge in [-0.2, -0.15) is 18.3 Å². The Hall–Kier alpha value is -4.40. The van der Waals surface area contributed by atoms with Crippen LogP contribution < -0.4 is 15.9 Å². The van der Waals surface area contributed by atoms with Crippen molar-refractivity contribution in [3.63, 3.8) is 0 Å². The molecule has 0 saturated heterocycles. The van der Waals surface area contributed by atoms with E-state index < -0.39 is 21.8 Å². The Morgan fingerprint density at radius 2 is 1.58 bits per heavy atom. The molecule has 5 rings (SSSR count). The molecule has 0 bridgehead atoms. The van der Waals surface area contributed by atoms with Gasteiger partial charge in [0.25, 0.3) is 10.0 Å².